The van der Waals surface area contributed by atoms with Crippen LogP contribution in [0.5, 0.6) is 0 Å². The lowest BCUT2D eigenvalue weighted by atomic mass is 10.5. The second-order valence-corrected chi connectivity index (χ2v) is 3.56. The smallest absolute Gasteiger partial charge is 0.407 e. The van der Waals surface area contributed by atoms with E-state index in [0.29, 0.717) is 23.5 Å². The molecular weight excluding hydrogens is 248 g/mol. The largest absolute Gasteiger partial charge is 0.448 e. The van der Waals surface area contributed by atoms with Crippen molar-refractivity contribution in [3.05, 3.63) is 12.7 Å². The van der Waals surface area contributed by atoms with E-state index < -0.39 is 6.09 Å². The van der Waals surface area contributed by atoms with Gasteiger partial charge in [0.1, 0.15) is 18.5 Å². The molecule has 0 aliphatic carbocycles. The lowest BCUT2D eigenvalue weighted by molar-refractivity contribution is 0.143. The second kappa shape index (κ2) is 5.68. The number of fused-ring (bicyclic) bond motifs is 1. The van der Waals surface area contributed by atoms with Crippen LogP contribution in [0.3, 0.4) is 0 Å². The van der Waals surface area contributed by atoms with Gasteiger partial charge < -0.3 is 20.4 Å². The molecule has 0 bridgehead atoms. The minimum atomic E-state index is -0.559. The third-order valence-corrected chi connectivity index (χ3v) is 2.33. The Labute approximate surface area is 109 Å². The molecule has 0 fully saturated rings. The number of hydrogen-bond acceptors (Lipinski definition) is 6. The highest BCUT2D eigenvalue weighted by atomic mass is 16.5. The van der Waals surface area contributed by atoms with E-state index in [2.05, 4.69) is 26.2 Å². The number of hydrogen-bond donors (Lipinski definition) is 2. The number of carbonyl (C=O) groups excluding carboxylic acids is 1. The molecule has 0 aliphatic heterocycles. The summed E-state index contributed by atoms with van der Waals surface area (Å²) >= 11 is 0. The number of nitrogens with one attached hydrogen (secondary N) is 1. The Morgan fingerprint density at radius 1 is 1.53 bits per heavy atom. The SMILES string of the molecule is C#CCNC(=O)OCCn1cnc2c(N)ncnc21. The first-order chi connectivity index (χ1) is 9.22. The molecule has 0 radical (unpaired) electrons. The number of carbonyl (C=O) groups is 1. The van der Waals surface area contributed by atoms with Crippen LogP contribution in [0.4, 0.5) is 10.6 Å². The third kappa shape index (κ3) is 2.90. The fourth-order valence-electron chi connectivity index (χ4n) is 1.47. The van der Waals surface area contributed by atoms with Crippen molar-refractivity contribution in [1.82, 2.24) is 24.8 Å². The maximum Gasteiger partial charge on any atom is 0.407 e. The van der Waals surface area contributed by atoms with Crippen molar-refractivity contribution in [3.63, 3.8) is 0 Å². The summed E-state index contributed by atoms with van der Waals surface area (Å²) in [5.74, 6) is 2.59. The number of nitrogens with zero attached hydrogens (tertiary/aromatic N) is 4. The van der Waals surface area contributed by atoms with E-state index in [9.17, 15) is 4.79 Å². The van der Waals surface area contributed by atoms with Crippen molar-refractivity contribution >= 4 is 23.1 Å². The summed E-state index contributed by atoms with van der Waals surface area (Å²) in [5, 5.41) is 2.39. The average molecular weight is 260 g/mol. The zero-order valence-corrected chi connectivity index (χ0v) is 10.0. The van der Waals surface area contributed by atoms with Crippen LogP contribution in [-0.2, 0) is 11.3 Å². The van der Waals surface area contributed by atoms with Crippen molar-refractivity contribution < 1.29 is 9.53 Å². The van der Waals surface area contributed by atoms with Gasteiger partial charge in [-0.3, -0.25) is 0 Å². The normalized spacial score (nSPS) is 10.1. The summed E-state index contributed by atoms with van der Waals surface area (Å²) in [7, 11) is 0. The molecule has 8 nitrogen and oxygen atoms in total. The Bertz CT molecular complexity index is 630. The molecule has 1 amide bonds. The molecule has 0 aromatic carbocycles. The first kappa shape index (κ1) is 12.6. The summed E-state index contributed by atoms with van der Waals surface area (Å²) < 4.78 is 6.65. The molecule has 19 heavy (non-hydrogen) atoms. The molecule has 2 aromatic rings. The van der Waals surface area contributed by atoms with E-state index in [1.165, 1.54) is 6.33 Å². The van der Waals surface area contributed by atoms with Gasteiger partial charge in [0.05, 0.1) is 19.4 Å². The third-order valence-electron chi connectivity index (χ3n) is 2.33. The predicted octanol–water partition coefficient (Wildman–Crippen LogP) is -0.232. The lowest BCUT2D eigenvalue weighted by Crippen LogP contribution is -2.25. The number of ether oxygens (including phenoxy) is 1. The van der Waals surface area contributed by atoms with Gasteiger partial charge in [0, 0.05) is 0 Å². The van der Waals surface area contributed by atoms with Crippen LogP contribution >= 0.6 is 0 Å². The van der Waals surface area contributed by atoms with Crippen LogP contribution in [0.25, 0.3) is 11.2 Å². The van der Waals surface area contributed by atoms with Gasteiger partial charge in [-0.2, -0.15) is 0 Å². The second-order valence-electron chi connectivity index (χ2n) is 3.56. The Morgan fingerprint density at radius 2 is 2.37 bits per heavy atom. The fraction of sp³-hybridized carbons (Fsp3) is 0.273. The van der Waals surface area contributed by atoms with Crippen LogP contribution < -0.4 is 11.1 Å². The summed E-state index contributed by atoms with van der Waals surface area (Å²) in [6.45, 7) is 0.721. The minimum Gasteiger partial charge on any atom is -0.448 e. The summed E-state index contributed by atoms with van der Waals surface area (Å²) in [6, 6.07) is 0. The zero-order valence-electron chi connectivity index (χ0n) is 10.0. The monoisotopic (exact) mass is 260 g/mol. The number of nitrogens with two attached hydrogens (primary N) is 1. The van der Waals surface area contributed by atoms with Crippen LogP contribution in [0.1, 0.15) is 0 Å². The Morgan fingerprint density at radius 3 is 3.16 bits per heavy atom. The van der Waals surface area contributed by atoms with Gasteiger partial charge in [-0.15, -0.1) is 6.42 Å². The van der Waals surface area contributed by atoms with Crippen molar-refractivity contribution in [1.29, 1.82) is 0 Å². The molecule has 0 unspecified atom stereocenters. The van der Waals surface area contributed by atoms with E-state index in [1.54, 1.807) is 10.9 Å². The highest BCUT2D eigenvalue weighted by molar-refractivity contribution is 5.81. The molecule has 8 heteroatoms. The van der Waals surface area contributed by atoms with E-state index in [1.807, 2.05) is 0 Å². The highest BCUT2D eigenvalue weighted by Crippen LogP contribution is 2.13. The molecule has 0 atom stereocenters. The molecule has 98 valence electrons. The van der Waals surface area contributed by atoms with E-state index >= 15 is 0 Å². The van der Waals surface area contributed by atoms with E-state index in [4.69, 9.17) is 16.9 Å². The molecule has 3 N–H and O–H groups in total. The number of amides is 1. The number of alkyl carbamates (subject to hydrolysis) is 1. The molecule has 0 saturated heterocycles. The van der Waals surface area contributed by atoms with Gasteiger partial charge in [0.15, 0.2) is 11.5 Å². The van der Waals surface area contributed by atoms with Crippen LogP contribution in [0.15, 0.2) is 12.7 Å². The molecule has 0 saturated carbocycles. The van der Waals surface area contributed by atoms with E-state index in [-0.39, 0.29) is 13.2 Å². The van der Waals surface area contributed by atoms with Gasteiger partial charge in [0.25, 0.3) is 0 Å². The summed E-state index contributed by atoms with van der Waals surface area (Å²) in [6.07, 6.45) is 7.37. The van der Waals surface area contributed by atoms with Crippen LogP contribution in [0.2, 0.25) is 0 Å². The quantitative estimate of drug-likeness (QED) is 0.735. The minimum absolute atomic E-state index is 0.136. The maximum atomic E-state index is 11.1. The number of aromatic nitrogens is 4. The summed E-state index contributed by atoms with van der Waals surface area (Å²) in [5.41, 5.74) is 6.78. The van der Waals surface area contributed by atoms with E-state index in [0.717, 1.165) is 0 Å². The predicted molar refractivity (Wildman–Crippen MR) is 67.9 cm³/mol. The number of nitrogen functional groups attached to an aromatic ring is 1. The zero-order chi connectivity index (χ0) is 13.7. The average Bonchev–Trinajstić information content (AvgIpc) is 2.81. The molecule has 0 aliphatic rings. The number of anilines is 1. The first-order valence-electron chi connectivity index (χ1n) is 5.47. The standard InChI is InChI=1S/C11H12N6O2/c1-2-3-13-11(18)19-5-4-17-7-16-8-9(12)14-6-15-10(8)17/h1,6-7H,3-5H2,(H,13,18)(H2,12,14,15). The van der Waals surface area contributed by atoms with Crippen LogP contribution in [-0.4, -0.2) is 38.8 Å². The number of terminal acetylenes is 1. The molecule has 2 aromatic heterocycles. The van der Waals surface area contributed by atoms with Crippen molar-refractivity contribution in [3.8, 4) is 12.3 Å². The van der Waals surface area contributed by atoms with Gasteiger partial charge >= 0.3 is 6.09 Å². The van der Waals surface area contributed by atoms with Gasteiger partial charge in [-0.25, -0.2) is 19.7 Å². The maximum absolute atomic E-state index is 11.1. The van der Waals surface area contributed by atoms with Gasteiger partial charge in [-0.05, 0) is 0 Å². The van der Waals surface area contributed by atoms with Crippen LogP contribution in [0, 0.1) is 12.3 Å². The fourth-order valence-corrected chi connectivity index (χ4v) is 1.47. The van der Waals surface area contributed by atoms with Crippen molar-refractivity contribution in [2.24, 2.45) is 0 Å². The summed E-state index contributed by atoms with van der Waals surface area (Å²) in [4.78, 5) is 23.2. The lowest BCUT2D eigenvalue weighted by Gasteiger charge is -2.06. The molecule has 0 spiro atoms. The van der Waals surface area contributed by atoms with Gasteiger partial charge in [-0.1, -0.05) is 5.92 Å². The molecule has 2 heterocycles. The van der Waals surface area contributed by atoms with Gasteiger partial charge in [0.2, 0.25) is 0 Å². The number of rotatable bonds is 4. The molecule has 2 rings (SSSR count). The Hall–Kier alpha value is -2.82. The molecular formula is C11H12N6O2. The Balaban J connectivity index is 1.94. The number of imidazole rings is 1. The van der Waals surface area contributed by atoms with Crippen molar-refractivity contribution in [2.45, 2.75) is 6.54 Å². The Kier molecular flexibility index (Phi) is 3.78. The highest BCUT2D eigenvalue weighted by Gasteiger charge is 2.08. The first-order valence-corrected chi connectivity index (χ1v) is 5.47. The van der Waals surface area contributed by atoms with Crippen molar-refractivity contribution in [2.75, 3.05) is 18.9 Å². The topological polar surface area (TPSA) is 108 Å².